The van der Waals surface area contributed by atoms with Gasteiger partial charge in [-0.15, -0.1) is 0 Å². The summed E-state index contributed by atoms with van der Waals surface area (Å²) in [7, 11) is 7.32. The largest absolute Gasteiger partial charge is 0.497 e. The summed E-state index contributed by atoms with van der Waals surface area (Å²) in [6, 6.07) is 13.9. The van der Waals surface area contributed by atoms with Crippen molar-refractivity contribution in [3.05, 3.63) is 53.9 Å². The van der Waals surface area contributed by atoms with Crippen LogP contribution in [0, 0.1) is 18.8 Å². The Morgan fingerprint density at radius 2 is 1.50 bits per heavy atom. The van der Waals surface area contributed by atoms with E-state index in [0.717, 1.165) is 52.3 Å². The summed E-state index contributed by atoms with van der Waals surface area (Å²) in [6.07, 6.45) is 6.87. The van der Waals surface area contributed by atoms with Gasteiger partial charge in [0.15, 0.2) is 0 Å². The molecule has 0 spiro atoms. The second kappa shape index (κ2) is 13.8. The fourth-order valence-corrected chi connectivity index (χ4v) is 4.08. The van der Waals surface area contributed by atoms with Crippen LogP contribution in [-0.4, -0.2) is 38.3 Å². The van der Waals surface area contributed by atoms with E-state index in [-0.39, 0.29) is 0 Å². The Balaban J connectivity index is 0.000000187. The molecule has 1 saturated carbocycles. The lowest BCUT2D eigenvalue weighted by molar-refractivity contribution is 0.308. The molecule has 34 heavy (non-hydrogen) atoms. The second-order valence-electron chi connectivity index (χ2n) is 9.40. The SMILES string of the molecule is CC1CCC(C)CC1.CCc1ccc(OC)cc1OC.Cc1nc(N(C)C)c2ccccc2n1. The molecule has 3 aromatic rings. The van der Waals surface area contributed by atoms with Crippen molar-refractivity contribution in [1.82, 2.24) is 9.97 Å². The molecule has 0 aliphatic heterocycles. The molecule has 0 N–H and O–H groups in total. The number of methoxy groups -OCH3 is 2. The van der Waals surface area contributed by atoms with E-state index in [2.05, 4.69) is 30.7 Å². The number of aromatic nitrogens is 2. The van der Waals surface area contributed by atoms with Crippen LogP contribution < -0.4 is 14.4 Å². The highest BCUT2D eigenvalue weighted by molar-refractivity contribution is 5.89. The summed E-state index contributed by atoms with van der Waals surface area (Å²) in [4.78, 5) is 10.8. The van der Waals surface area contributed by atoms with Gasteiger partial charge in [-0.2, -0.15) is 0 Å². The highest BCUT2D eigenvalue weighted by Crippen LogP contribution is 2.27. The number of ether oxygens (including phenoxy) is 2. The fraction of sp³-hybridized carbons (Fsp3) is 0.517. The normalized spacial score (nSPS) is 17.1. The average molecular weight is 466 g/mol. The number of hydrogen-bond acceptors (Lipinski definition) is 5. The number of rotatable bonds is 4. The first kappa shape index (κ1) is 27.4. The molecule has 0 unspecified atom stereocenters. The minimum Gasteiger partial charge on any atom is -0.497 e. The molecule has 0 atom stereocenters. The third kappa shape index (κ3) is 8.19. The van der Waals surface area contributed by atoms with Crippen molar-refractivity contribution in [3.8, 4) is 11.5 Å². The molecule has 5 nitrogen and oxygen atoms in total. The zero-order valence-corrected chi connectivity index (χ0v) is 22.4. The van der Waals surface area contributed by atoms with Crippen LogP contribution in [0.5, 0.6) is 11.5 Å². The van der Waals surface area contributed by atoms with Gasteiger partial charge in [-0.25, -0.2) is 9.97 Å². The molecule has 0 radical (unpaired) electrons. The van der Waals surface area contributed by atoms with E-state index >= 15 is 0 Å². The van der Waals surface area contributed by atoms with Gasteiger partial charge in [-0.3, -0.25) is 0 Å². The highest BCUT2D eigenvalue weighted by Gasteiger charge is 2.13. The van der Waals surface area contributed by atoms with Crippen LogP contribution in [-0.2, 0) is 6.42 Å². The highest BCUT2D eigenvalue weighted by atomic mass is 16.5. The molecule has 5 heteroatoms. The van der Waals surface area contributed by atoms with Gasteiger partial charge in [-0.05, 0) is 48.9 Å². The number of para-hydroxylation sites is 1. The maximum atomic E-state index is 5.20. The zero-order chi connectivity index (χ0) is 25.1. The molecule has 1 aliphatic carbocycles. The average Bonchev–Trinajstić information content (AvgIpc) is 2.85. The Kier molecular flexibility index (Phi) is 11.1. The summed E-state index contributed by atoms with van der Waals surface area (Å²) in [5.74, 6) is 5.57. The molecule has 0 bridgehead atoms. The monoisotopic (exact) mass is 465 g/mol. The molecule has 0 amide bonds. The van der Waals surface area contributed by atoms with Gasteiger partial charge in [0.2, 0.25) is 0 Å². The van der Waals surface area contributed by atoms with E-state index < -0.39 is 0 Å². The Bertz CT molecular complexity index is 1000. The summed E-state index contributed by atoms with van der Waals surface area (Å²) >= 11 is 0. The Morgan fingerprint density at radius 3 is 2.03 bits per heavy atom. The van der Waals surface area contributed by atoms with Crippen molar-refractivity contribution in [1.29, 1.82) is 0 Å². The van der Waals surface area contributed by atoms with Crippen molar-refractivity contribution in [3.63, 3.8) is 0 Å². The van der Waals surface area contributed by atoms with Gasteiger partial charge in [0.1, 0.15) is 23.1 Å². The van der Waals surface area contributed by atoms with E-state index in [1.165, 1.54) is 31.2 Å². The van der Waals surface area contributed by atoms with E-state index in [9.17, 15) is 0 Å². The molecule has 0 saturated heterocycles. The number of nitrogens with zero attached hydrogens (tertiary/aromatic N) is 3. The van der Waals surface area contributed by atoms with Gasteiger partial charge in [0.25, 0.3) is 0 Å². The topological polar surface area (TPSA) is 47.5 Å². The van der Waals surface area contributed by atoms with Gasteiger partial charge in [-0.1, -0.05) is 64.7 Å². The fourth-order valence-electron chi connectivity index (χ4n) is 4.08. The molecule has 1 heterocycles. The van der Waals surface area contributed by atoms with Gasteiger partial charge in [0.05, 0.1) is 19.7 Å². The molecule has 1 aliphatic rings. The van der Waals surface area contributed by atoms with Crippen LogP contribution in [0.25, 0.3) is 10.9 Å². The van der Waals surface area contributed by atoms with Crippen LogP contribution in [0.15, 0.2) is 42.5 Å². The van der Waals surface area contributed by atoms with E-state index in [0.29, 0.717) is 0 Å². The zero-order valence-electron chi connectivity index (χ0n) is 22.4. The smallest absolute Gasteiger partial charge is 0.139 e. The van der Waals surface area contributed by atoms with Crippen LogP contribution >= 0.6 is 0 Å². The number of hydrogen-bond donors (Lipinski definition) is 0. The summed E-state index contributed by atoms with van der Waals surface area (Å²) in [5, 5.41) is 1.10. The van der Waals surface area contributed by atoms with Crippen molar-refractivity contribution < 1.29 is 9.47 Å². The first-order valence-electron chi connectivity index (χ1n) is 12.4. The molecule has 186 valence electrons. The lowest BCUT2D eigenvalue weighted by Crippen LogP contribution is -2.12. The molecular weight excluding hydrogens is 422 g/mol. The van der Waals surface area contributed by atoms with E-state index in [1.54, 1.807) is 14.2 Å². The maximum absolute atomic E-state index is 5.20. The minimum atomic E-state index is 0.812. The predicted octanol–water partition coefficient (Wildman–Crippen LogP) is 7.10. The molecule has 4 rings (SSSR count). The Labute approximate surface area is 206 Å². The molecule has 2 aromatic carbocycles. The van der Waals surface area contributed by atoms with E-state index in [1.807, 2.05) is 68.4 Å². The number of aryl methyl sites for hydroxylation is 2. The number of anilines is 1. The first-order valence-corrected chi connectivity index (χ1v) is 12.4. The van der Waals surface area contributed by atoms with Crippen molar-refractivity contribution in [2.75, 3.05) is 33.2 Å². The van der Waals surface area contributed by atoms with Crippen LogP contribution in [0.4, 0.5) is 5.82 Å². The number of fused-ring (bicyclic) bond motifs is 1. The lowest BCUT2D eigenvalue weighted by atomic mass is 9.84. The van der Waals surface area contributed by atoms with Crippen LogP contribution in [0.2, 0.25) is 0 Å². The summed E-state index contributed by atoms with van der Waals surface area (Å²) in [6.45, 7) is 8.75. The summed E-state index contributed by atoms with van der Waals surface area (Å²) < 4.78 is 10.3. The quantitative estimate of drug-likeness (QED) is 0.411. The van der Waals surface area contributed by atoms with Gasteiger partial charge in [0, 0.05) is 25.5 Å². The third-order valence-corrected chi connectivity index (χ3v) is 6.30. The summed E-state index contributed by atoms with van der Waals surface area (Å²) in [5.41, 5.74) is 2.21. The van der Waals surface area contributed by atoms with Gasteiger partial charge < -0.3 is 14.4 Å². The predicted molar refractivity (Wildman–Crippen MR) is 144 cm³/mol. The van der Waals surface area contributed by atoms with Gasteiger partial charge >= 0.3 is 0 Å². The van der Waals surface area contributed by atoms with Crippen LogP contribution in [0.1, 0.15) is 57.8 Å². The first-order chi connectivity index (χ1) is 16.3. The van der Waals surface area contributed by atoms with Crippen LogP contribution in [0.3, 0.4) is 0 Å². The standard InChI is InChI=1S/C11H13N3.C10H14O2.C8H16/c1-8-12-10-7-5-4-6-9(10)11(13-8)14(2)3;1-4-8-5-6-9(11-2)7-10(8)12-3;1-7-3-5-8(2)6-4-7/h4-7H,1-3H3;5-7H,4H2,1-3H3;7-8H,3-6H2,1-2H3. The minimum absolute atomic E-state index is 0.812. The van der Waals surface area contributed by atoms with E-state index in [4.69, 9.17) is 9.47 Å². The maximum Gasteiger partial charge on any atom is 0.139 e. The Morgan fingerprint density at radius 1 is 0.882 bits per heavy atom. The van der Waals surface area contributed by atoms with Crippen molar-refractivity contribution in [2.45, 2.75) is 59.8 Å². The number of benzene rings is 2. The lowest BCUT2D eigenvalue weighted by Gasteiger charge is -2.22. The Hall–Kier alpha value is -2.82. The van der Waals surface area contributed by atoms with Crippen molar-refractivity contribution >= 4 is 16.7 Å². The third-order valence-electron chi connectivity index (χ3n) is 6.30. The van der Waals surface area contributed by atoms with Crippen molar-refractivity contribution in [2.24, 2.45) is 11.8 Å². The molecule has 1 aromatic heterocycles. The molecular formula is C29H43N3O2. The second-order valence-corrected chi connectivity index (χ2v) is 9.40. The molecule has 1 fully saturated rings.